The van der Waals surface area contributed by atoms with Gasteiger partial charge in [0.15, 0.2) is 0 Å². The molecule has 0 aliphatic rings. The molecule has 0 unspecified atom stereocenters. The van der Waals surface area contributed by atoms with Gasteiger partial charge >= 0.3 is 0 Å². The van der Waals surface area contributed by atoms with Crippen molar-refractivity contribution in [3.8, 4) is 0 Å². The summed E-state index contributed by atoms with van der Waals surface area (Å²) in [5.74, 6) is 0. The fourth-order valence-corrected chi connectivity index (χ4v) is 0.732. The SMILES string of the molecule is F.F.F.FSc1ccccc1. The first-order chi connectivity index (χ1) is 3.93. The van der Waals surface area contributed by atoms with Gasteiger partial charge in [-0.1, -0.05) is 18.2 Å². The van der Waals surface area contributed by atoms with Crippen LogP contribution in [0.2, 0.25) is 0 Å². The van der Waals surface area contributed by atoms with Crippen LogP contribution >= 0.6 is 12.1 Å². The van der Waals surface area contributed by atoms with Gasteiger partial charge in [0.1, 0.15) is 0 Å². The van der Waals surface area contributed by atoms with Gasteiger partial charge in [0.2, 0.25) is 0 Å². The molecule has 5 heteroatoms. The molecule has 0 nitrogen and oxygen atoms in total. The summed E-state index contributed by atoms with van der Waals surface area (Å²) in [5.41, 5.74) is 0. The zero-order valence-corrected chi connectivity index (χ0v) is 6.21. The van der Waals surface area contributed by atoms with E-state index in [9.17, 15) is 3.89 Å². The van der Waals surface area contributed by atoms with E-state index >= 15 is 0 Å². The van der Waals surface area contributed by atoms with Crippen LogP contribution in [-0.2, 0) is 0 Å². The van der Waals surface area contributed by atoms with Crippen molar-refractivity contribution >= 4 is 12.1 Å². The minimum Gasteiger partial charge on any atom is -0.269 e. The van der Waals surface area contributed by atoms with E-state index in [1.54, 1.807) is 12.1 Å². The van der Waals surface area contributed by atoms with Crippen molar-refractivity contribution in [1.29, 1.82) is 0 Å². The smallest absolute Gasteiger partial charge is 0.0812 e. The van der Waals surface area contributed by atoms with E-state index in [0.717, 1.165) is 0 Å². The maximum Gasteiger partial charge on any atom is 0.0812 e. The van der Waals surface area contributed by atoms with Crippen LogP contribution < -0.4 is 0 Å². The quantitative estimate of drug-likeness (QED) is 0.610. The fraction of sp³-hybridized carbons (Fsp3) is 0. The molecule has 0 atom stereocenters. The van der Waals surface area contributed by atoms with Crippen LogP contribution in [0.5, 0.6) is 0 Å². The van der Waals surface area contributed by atoms with E-state index in [-0.39, 0.29) is 26.3 Å². The third-order valence-electron chi connectivity index (χ3n) is 0.832. The van der Waals surface area contributed by atoms with Crippen LogP contribution in [0.15, 0.2) is 35.2 Å². The number of hydrogen-bond donors (Lipinski definition) is 0. The minimum atomic E-state index is 0. The van der Waals surface area contributed by atoms with E-state index in [1.165, 1.54) is 0 Å². The van der Waals surface area contributed by atoms with Gasteiger partial charge in [-0.05, 0) is 12.1 Å². The van der Waals surface area contributed by atoms with Gasteiger partial charge in [-0.25, -0.2) is 0 Å². The van der Waals surface area contributed by atoms with Crippen LogP contribution in [-0.4, -0.2) is 0 Å². The summed E-state index contributed by atoms with van der Waals surface area (Å²) >= 11 is 0.269. The molecule has 11 heavy (non-hydrogen) atoms. The normalized spacial score (nSPS) is 6.64. The first kappa shape index (κ1) is 16.7. The molecule has 0 bridgehead atoms. The Kier molecular flexibility index (Phi) is 14.1. The maximum atomic E-state index is 11.6. The van der Waals surface area contributed by atoms with Crippen molar-refractivity contribution in [1.82, 2.24) is 0 Å². The Hall–Kier alpha value is -0.710. The zero-order valence-electron chi connectivity index (χ0n) is 5.40. The summed E-state index contributed by atoms with van der Waals surface area (Å²) in [4.78, 5) is 0.660. The van der Waals surface area contributed by atoms with E-state index in [0.29, 0.717) is 4.90 Å². The highest BCUT2D eigenvalue weighted by Crippen LogP contribution is 2.16. The molecule has 66 valence electrons. The first-order valence-electron chi connectivity index (χ1n) is 2.27. The Bertz CT molecular complexity index is 156. The Balaban J connectivity index is -0.000000213. The van der Waals surface area contributed by atoms with Gasteiger partial charge in [0.05, 0.1) is 12.1 Å². The van der Waals surface area contributed by atoms with Gasteiger partial charge < -0.3 is 0 Å². The predicted molar refractivity (Wildman–Crippen MR) is 40.9 cm³/mol. The molecule has 1 aromatic rings. The molecule has 1 rings (SSSR count). The molecular weight excluding hydrogens is 180 g/mol. The van der Waals surface area contributed by atoms with Gasteiger partial charge in [-0.3, -0.25) is 14.1 Å². The lowest BCUT2D eigenvalue weighted by atomic mass is 10.4. The van der Waals surface area contributed by atoms with Crippen molar-refractivity contribution in [2.45, 2.75) is 4.90 Å². The largest absolute Gasteiger partial charge is 0.269 e. The fourth-order valence-electron chi connectivity index (χ4n) is 0.472. The average Bonchev–Trinajstić information content (AvgIpc) is 1.90. The van der Waals surface area contributed by atoms with Crippen LogP contribution in [0.25, 0.3) is 0 Å². The second-order valence-electron chi connectivity index (χ2n) is 1.39. The third-order valence-corrected chi connectivity index (χ3v) is 1.28. The van der Waals surface area contributed by atoms with Crippen LogP contribution in [0.3, 0.4) is 0 Å². The lowest BCUT2D eigenvalue weighted by Crippen LogP contribution is -1.60. The van der Waals surface area contributed by atoms with Crippen LogP contribution in [0.1, 0.15) is 0 Å². The molecule has 0 spiro atoms. The molecule has 0 radical (unpaired) electrons. The molecule has 0 N–H and O–H groups in total. The summed E-state index contributed by atoms with van der Waals surface area (Å²) in [6, 6.07) is 8.93. The van der Waals surface area contributed by atoms with Crippen LogP contribution in [0.4, 0.5) is 18.0 Å². The summed E-state index contributed by atoms with van der Waals surface area (Å²) in [6.45, 7) is 0. The van der Waals surface area contributed by atoms with Crippen LogP contribution in [0, 0.1) is 0 Å². The number of halogens is 4. The molecule has 0 aromatic heterocycles. The third kappa shape index (κ3) is 5.72. The summed E-state index contributed by atoms with van der Waals surface area (Å²) < 4.78 is 11.6. The Morgan fingerprint density at radius 2 is 1.36 bits per heavy atom. The van der Waals surface area contributed by atoms with E-state index in [4.69, 9.17) is 0 Å². The van der Waals surface area contributed by atoms with E-state index in [1.807, 2.05) is 18.2 Å². The zero-order chi connectivity index (χ0) is 5.82. The van der Waals surface area contributed by atoms with E-state index in [2.05, 4.69) is 0 Å². The molecule has 0 aliphatic carbocycles. The van der Waals surface area contributed by atoms with Crippen molar-refractivity contribution in [3.63, 3.8) is 0 Å². The Morgan fingerprint density at radius 1 is 0.909 bits per heavy atom. The first-order valence-corrected chi connectivity index (χ1v) is 2.99. The summed E-state index contributed by atoms with van der Waals surface area (Å²) in [7, 11) is 0. The molecule has 0 fully saturated rings. The maximum absolute atomic E-state index is 11.6. The lowest BCUT2D eigenvalue weighted by Gasteiger charge is -1.85. The van der Waals surface area contributed by atoms with Crippen molar-refractivity contribution in [3.05, 3.63) is 30.3 Å². The number of rotatable bonds is 1. The van der Waals surface area contributed by atoms with Crippen molar-refractivity contribution in [2.24, 2.45) is 0 Å². The summed E-state index contributed by atoms with van der Waals surface area (Å²) in [5, 5.41) is 0. The average molecular weight is 188 g/mol. The highest BCUT2D eigenvalue weighted by molar-refractivity contribution is 7.94. The highest BCUT2D eigenvalue weighted by Gasteiger charge is 1.84. The van der Waals surface area contributed by atoms with Gasteiger partial charge in [-0.2, -0.15) is 3.89 Å². The molecule has 0 heterocycles. The molecule has 0 saturated heterocycles. The molecular formula is C6H8F4S. The summed E-state index contributed by atoms with van der Waals surface area (Å²) in [6.07, 6.45) is 0. The second-order valence-corrected chi connectivity index (χ2v) is 2.02. The highest BCUT2D eigenvalue weighted by atomic mass is 32.2. The molecule has 1 aromatic carbocycles. The van der Waals surface area contributed by atoms with Crippen molar-refractivity contribution < 1.29 is 18.0 Å². The standard InChI is InChI=1S/C6H5FS.3FH/c7-8-6-4-2-1-3-5-6;;;/h1-5H;3*1H. The minimum absolute atomic E-state index is 0. The van der Waals surface area contributed by atoms with Gasteiger partial charge in [-0.15, -0.1) is 0 Å². The Labute approximate surface area is 66.2 Å². The molecule has 0 aliphatic heterocycles. The topological polar surface area (TPSA) is 0 Å². The van der Waals surface area contributed by atoms with Crippen molar-refractivity contribution in [2.75, 3.05) is 0 Å². The number of hydrogen-bond acceptors (Lipinski definition) is 1. The monoisotopic (exact) mass is 188 g/mol. The Morgan fingerprint density at radius 3 is 1.64 bits per heavy atom. The predicted octanol–water partition coefficient (Wildman–Crippen LogP) is 3.12. The molecule has 0 amide bonds. The number of benzene rings is 1. The van der Waals surface area contributed by atoms with Gasteiger partial charge in [0, 0.05) is 4.90 Å². The lowest BCUT2D eigenvalue weighted by molar-refractivity contribution is 0.934. The van der Waals surface area contributed by atoms with Gasteiger partial charge in [0.25, 0.3) is 0 Å². The second kappa shape index (κ2) is 9.29. The van der Waals surface area contributed by atoms with E-state index < -0.39 is 0 Å². The molecule has 0 saturated carbocycles.